The predicted molar refractivity (Wildman–Crippen MR) is 116 cm³/mol. The largest absolute Gasteiger partial charge is 0.492 e. The first-order chi connectivity index (χ1) is 15.3. The van der Waals surface area contributed by atoms with Gasteiger partial charge in [-0.05, 0) is 50.8 Å². The third-order valence-electron chi connectivity index (χ3n) is 6.11. The number of amides is 3. The summed E-state index contributed by atoms with van der Waals surface area (Å²) in [6.45, 7) is 2.55. The number of allylic oxidation sites excluding steroid dienone is 2. The average Bonchev–Trinajstić information content (AvgIpc) is 3.40. The molecular formula is C22H27N3O6S. The lowest BCUT2D eigenvalue weighted by Gasteiger charge is -2.19. The Kier molecular flexibility index (Phi) is 6.34. The van der Waals surface area contributed by atoms with Crippen LogP contribution in [0.2, 0.25) is 0 Å². The summed E-state index contributed by atoms with van der Waals surface area (Å²) in [4.78, 5) is 38.8. The number of fused-ring (bicyclic) bond motifs is 1. The molecule has 3 amide bonds. The van der Waals surface area contributed by atoms with Crippen molar-refractivity contribution in [1.29, 1.82) is 0 Å². The van der Waals surface area contributed by atoms with Crippen molar-refractivity contribution >= 4 is 33.4 Å². The average molecular weight is 462 g/mol. The molecule has 1 aromatic rings. The Morgan fingerprint density at radius 2 is 1.72 bits per heavy atom. The minimum Gasteiger partial charge on any atom is -0.492 e. The van der Waals surface area contributed by atoms with E-state index in [-0.39, 0.29) is 28.1 Å². The van der Waals surface area contributed by atoms with Crippen molar-refractivity contribution in [3.8, 4) is 5.75 Å². The van der Waals surface area contributed by atoms with Gasteiger partial charge in [-0.1, -0.05) is 12.2 Å². The second kappa shape index (κ2) is 9.03. The number of hydrogen-bond donors (Lipinski definition) is 1. The van der Waals surface area contributed by atoms with Gasteiger partial charge in [0.25, 0.3) is 0 Å². The molecule has 2 saturated heterocycles. The maximum atomic E-state index is 13.1. The Morgan fingerprint density at radius 1 is 1.09 bits per heavy atom. The summed E-state index contributed by atoms with van der Waals surface area (Å²) in [5.41, 5.74) is 0.259. The molecule has 2 heterocycles. The van der Waals surface area contributed by atoms with Gasteiger partial charge in [0.2, 0.25) is 27.7 Å². The van der Waals surface area contributed by atoms with Crippen molar-refractivity contribution < 1.29 is 27.5 Å². The number of nitrogens with one attached hydrogen (secondary N) is 1. The highest BCUT2D eigenvalue weighted by atomic mass is 32.2. The Morgan fingerprint density at radius 3 is 2.31 bits per heavy atom. The molecule has 2 fully saturated rings. The second-order valence-corrected chi connectivity index (χ2v) is 10.1. The van der Waals surface area contributed by atoms with E-state index in [1.54, 1.807) is 13.0 Å². The van der Waals surface area contributed by atoms with Crippen LogP contribution >= 0.6 is 0 Å². The standard InChI is InChI=1S/C22H27N3O6S/c1-2-31-18-10-9-15(13-19(18)32(29,30)24-11-5-6-12-24)23-20(26)14-25-21(27)16-7-3-4-8-17(16)22(25)28/h3-4,9-10,13,16-17H,2,5-8,11-12,14H2,1H3,(H,23,26)/t16-,17-/m0/s1. The van der Waals surface area contributed by atoms with Crippen LogP contribution in [0.5, 0.6) is 5.75 Å². The fraction of sp³-hybridized carbons (Fsp3) is 0.500. The molecule has 0 saturated carbocycles. The molecule has 0 radical (unpaired) electrons. The van der Waals surface area contributed by atoms with E-state index in [0.717, 1.165) is 17.7 Å². The first kappa shape index (κ1) is 22.5. The van der Waals surface area contributed by atoms with Crippen LogP contribution in [0.15, 0.2) is 35.2 Å². The summed E-state index contributed by atoms with van der Waals surface area (Å²) in [6.07, 6.45) is 6.38. The molecule has 172 valence electrons. The van der Waals surface area contributed by atoms with Gasteiger partial charge in [0.1, 0.15) is 17.2 Å². The smallest absolute Gasteiger partial charge is 0.246 e. The normalized spacial score (nSPS) is 23.5. The highest BCUT2D eigenvalue weighted by Crippen LogP contribution is 2.35. The van der Waals surface area contributed by atoms with E-state index in [4.69, 9.17) is 4.74 Å². The van der Waals surface area contributed by atoms with E-state index >= 15 is 0 Å². The van der Waals surface area contributed by atoms with Gasteiger partial charge in [0.05, 0.1) is 18.4 Å². The molecule has 0 unspecified atom stereocenters. The number of carbonyl (C=O) groups is 3. The lowest BCUT2D eigenvalue weighted by atomic mass is 9.85. The number of hydrogen-bond acceptors (Lipinski definition) is 6. The summed E-state index contributed by atoms with van der Waals surface area (Å²) in [5.74, 6) is -1.80. The van der Waals surface area contributed by atoms with Crippen molar-refractivity contribution in [3.05, 3.63) is 30.4 Å². The molecule has 32 heavy (non-hydrogen) atoms. The number of imide groups is 1. The van der Waals surface area contributed by atoms with E-state index < -0.39 is 34.3 Å². The molecule has 0 aromatic heterocycles. The summed E-state index contributed by atoms with van der Waals surface area (Å²) in [6, 6.07) is 4.42. The van der Waals surface area contributed by atoms with Crippen molar-refractivity contribution in [2.24, 2.45) is 11.8 Å². The summed E-state index contributed by atoms with van der Waals surface area (Å²) in [5, 5.41) is 2.62. The predicted octanol–water partition coefficient (Wildman–Crippen LogP) is 1.76. The Hall–Kier alpha value is -2.72. The van der Waals surface area contributed by atoms with Crippen molar-refractivity contribution in [2.75, 3.05) is 31.6 Å². The number of rotatable bonds is 7. The molecule has 2 aliphatic heterocycles. The van der Waals surface area contributed by atoms with Crippen LogP contribution in [-0.2, 0) is 24.4 Å². The molecular weight excluding hydrogens is 434 g/mol. The number of anilines is 1. The third kappa shape index (κ3) is 4.16. The number of likely N-dealkylation sites (tertiary alicyclic amines) is 1. The monoisotopic (exact) mass is 461 g/mol. The highest BCUT2D eigenvalue weighted by molar-refractivity contribution is 7.89. The van der Waals surface area contributed by atoms with Gasteiger partial charge in [-0.2, -0.15) is 4.31 Å². The molecule has 0 bridgehead atoms. The molecule has 9 nitrogen and oxygen atoms in total. The molecule has 0 spiro atoms. The second-order valence-electron chi connectivity index (χ2n) is 8.17. The zero-order valence-corrected chi connectivity index (χ0v) is 18.8. The fourth-order valence-corrected chi connectivity index (χ4v) is 6.17. The number of sulfonamides is 1. The van der Waals surface area contributed by atoms with Gasteiger partial charge < -0.3 is 10.1 Å². The van der Waals surface area contributed by atoms with Crippen molar-refractivity contribution in [3.63, 3.8) is 0 Å². The molecule has 1 aliphatic carbocycles. The third-order valence-corrected chi connectivity index (χ3v) is 8.03. The summed E-state index contributed by atoms with van der Waals surface area (Å²) in [7, 11) is -3.77. The topological polar surface area (TPSA) is 113 Å². The molecule has 3 aliphatic rings. The minimum absolute atomic E-state index is 0.00975. The van der Waals surface area contributed by atoms with Gasteiger partial charge in [-0.3, -0.25) is 19.3 Å². The van der Waals surface area contributed by atoms with E-state index in [1.807, 2.05) is 12.2 Å². The SMILES string of the molecule is CCOc1ccc(NC(=O)CN2C(=O)[C@H]3CC=CC[C@@H]3C2=O)cc1S(=O)(=O)N1CCCC1. The Labute approximate surface area is 187 Å². The van der Waals surface area contributed by atoms with Crippen LogP contribution in [-0.4, -0.2) is 61.6 Å². The lowest BCUT2D eigenvalue weighted by molar-refractivity contribution is -0.142. The van der Waals surface area contributed by atoms with E-state index in [2.05, 4.69) is 5.32 Å². The summed E-state index contributed by atoms with van der Waals surface area (Å²) < 4.78 is 33.1. The Bertz CT molecular complexity index is 1040. The molecule has 1 aromatic carbocycles. The number of carbonyl (C=O) groups excluding carboxylic acids is 3. The maximum absolute atomic E-state index is 13.1. The van der Waals surface area contributed by atoms with E-state index in [0.29, 0.717) is 32.5 Å². The highest BCUT2D eigenvalue weighted by Gasteiger charge is 2.47. The van der Waals surface area contributed by atoms with Gasteiger partial charge >= 0.3 is 0 Å². The first-order valence-electron chi connectivity index (χ1n) is 10.9. The van der Waals surface area contributed by atoms with Gasteiger partial charge in [-0.15, -0.1) is 0 Å². The minimum atomic E-state index is -3.77. The van der Waals surface area contributed by atoms with Crippen LogP contribution in [0.3, 0.4) is 0 Å². The van der Waals surface area contributed by atoms with Gasteiger partial charge in [0, 0.05) is 18.8 Å². The van der Waals surface area contributed by atoms with Gasteiger partial charge in [-0.25, -0.2) is 8.42 Å². The van der Waals surface area contributed by atoms with E-state index in [1.165, 1.54) is 16.4 Å². The van der Waals surface area contributed by atoms with Crippen LogP contribution in [0.25, 0.3) is 0 Å². The van der Waals surface area contributed by atoms with E-state index in [9.17, 15) is 22.8 Å². The zero-order chi connectivity index (χ0) is 22.9. The molecule has 4 rings (SSSR count). The molecule has 10 heteroatoms. The number of ether oxygens (including phenoxy) is 1. The lowest BCUT2D eigenvalue weighted by Crippen LogP contribution is -2.38. The number of nitrogens with zero attached hydrogens (tertiary/aromatic N) is 2. The van der Waals surface area contributed by atoms with Crippen LogP contribution < -0.4 is 10.1 Å². The maximum Gasteiger partial charge on any atom is 0.246 e. The van der Waals surface area contributed by atoms with Crippen LogP contribution in [0.4, 0.5) is 5.69 Å². The van der Waals surface area contributed by atoms with Crippen molar-refractivity contribution in [1.82, 2.24) is 9.21 Å². The number of benzene rings is 1. The van der Waals surface area contributed by atoms with Crippen molar-refractivity contribution in [2.45, 2.75) is 37.5 Å². The quantitative estimate of drug-likeness (QED) is 0.489. The van der Waals surface area contributed by atoms with Crippen LogP contribution in [0, 0.1) is 11.8 Å². The first-order valence-corrected chi connectivity index (χ1v) is 12.3. The summed E-state index contributed by atoms with van der Waals surface area (Å²) >= 11 is 0. The Balaban J connectivity index is 1.51. The molecule has 2 atom stereocenters. The van der Waals surface area contributed by atoms with Crippen LogP contribution in [0.1, 0.15) is 32.6 Å². The fourth-order valence-electron chi connectivity index (χ4n) is 4.50. The molecule has 1 N–H and O–H groups in total. The van der Waals surface area contributed by atoms with Gasteiger partial charge in [0.15, 0.2) is 0 Å². The zero-order valence-electron chi connectivity index (χ0n) is 18.0.